The van der Waals surface area contributed by atoms with Crippen LogP contribution < -0.4 is 10.6 Å². The number of H-pyrrole nitrogens is 1. The summed E-state index contributed by atoms with van der Waals surface area (Å²) in [4.78, 5) is 27.0. The Morgan fingerprint density at radius 3 is 2.81 bits per heavy atom. The Balaban J connectivity index is 1.51. The Morgan fingerprint density at radius 2 is 2.00 bits per heavy atom. The van der Waals surface area contributed by atoms with E-state index in [1.807, 2.05) is 24.4 Å². The Hall–Kier alpha value is -2.83. The Kier molecular flexibility index (Phi) is 6.11. The summed E-state index contributed by atoms with van der Waals surface area (Å²) >= 11 is 6.08. The number of anilines is 1. The number of fused-ring (bicyclic) bond motifs is 1. The molecule has 3 aromatic rings. The molecule has 0 aliphatic carbocycles. The van der Waals surface area contributed by atoms with Crippen LogP contribution in [0.2, 0.25) is 5.02 Å². The van der Waals surface area contributed by atoms with Gasteiger partial charge in [-0.1, -0.05) is 29.8 Å². The van der Waals surface area contributed by atoms with Gasteiger partial charge in [0.15, 0.2) is 0 Å². The van der Waals surface area contributed by atoms with Crippen LogP contribution in [0.25, 0.3) is 10.9 Å². The lowest BCUT2D eigenvalue weighted by Gasteiger charge is -2.09. The average molecular weight is 386 g/mol. The van der Waals surface area contributed by atoms with E-state index >= 15 is 0 Å². The van der Waals surface area contributed by atoms with Gasteiger partial charge in [0.1, 0.15) is 0 Å². The molecule has 0 spiro atoms. The van der Waals surface area contributed by atoms with Gasteiger partial charge in [0, 0.05) is 17.1 Å². The van der Waals surface area contributed by atoms with E-state index in [1.165, 1.54) is 24.1 Å². The summed E-state index contributed by atoms with van der Waals surface area (Å²) < 4.78 is 4.67. The molecule has 1 heterocycles. The number of esters is 1. The summed E-state index contributed by atoms with van der Waals surface area (Å²) in [5, 5.41) is 7.37. The van der Waals surface area contributed by atoms with Crippen molar-refractivity contribution in [3.05, 3.63) is 64.8 Å². The molecule has 2 aromatic carbocycles. The number of aromatic amines is 1. The second-order valence-corrected chi connectivity index (χ2v) is 6.43. The number of benzene rings is 2. The fourth-order valence-electron chi connectivity index (χ4n) is 2.82. The maximum atomic E-state index is 12.1. The highest BCUT2D eigenvalue weighted by Gasteiger charge is 2.11. The number of amides is 1. The standard InChI is InChI=1S/C20H20ClN3O3/c1-27-20(26)13-6-7-16(21)18(10-13)24-19(25)12-22-9-8-14-11-23-17-5-3-2-4-15(14)17/h2-7,10-11,22-23H,8-9,12H2,1H3,(H,24,25). The molecule has 6 nitrogen and oxygen atoms in total. The van der Waals surface area contributed by atoms with Crippen molar-refractivity contribution in [2.45, 2.75) is 6.42 Å². The van der Waals surface area contributed by atoms with Gasteiger partial charge in [-0.3, -0.25) is 4.79 Å². The van der Waals surface area contributed by atoms with E-state index in [0.717, 1.165) is 11.9 Å². The normalized spacial score (nSPS) is 10.7. The first kappa shape index (κ1) is 18.9. The summed E-state index contributed by atoms with van der Waals surface area (Å²) in [6, 6.07) is 12.7. The smallest absolute Gasteiger partial charge is 0.337 e. The second-order valence-electron chi connectivity index (χ2n) is 6.02. The third kappa shape index (κ3) is 4.67. The van der Waals surface area contributed by atoms with Crippen molar-refractivity contribution in [3.8, 4) is 0 Å². The van der Waals surface area contributed by atoms with Crippen LogP contribution >= 0.6 is 11.6 Å². The van der Waals surface area contributed by atoms with Gasteiger partial charge in [0.2, 0.25) is 5.91 Å². The van der Waals surface area contributed by atoms with Crippen molar-refractivity contribution < 1.29 is 14.3 Å². The number of carbonyl (C=O) groups is 2. The lowest BCUT2D eigenvalue weighted by atomic mass is 10.1. The van der Waals surface area contributed by atoms with E-state index in [2.05, 4.69) is 26.4 Å². The number of halogens is 1. The average Bonchev–Trinajstić information content (AvgIpc) is 3.09. The van der Waals surface area contributed by atoms with E-state index in [-0.39, 0.29) is 12.5 Å². The predicted molar refractivity (Wildman–Crippen MR) is 106 cm³/mol. The molecule has 0 bridgehead atoms. The molecular formula is C20H20ClN3O3. The fraction of sp³-hybridized carbons (Fsp3) is 0.200. The topological polar surface area (TPSA) is 83.2 Å². The van der Waals surface area contributed by atoms with Crippen LogP contribution in [0.1, 0.15) is 15.9 Å². The number of aromatic nitrogens is 1. The monoisotopic (exact) mass is 385 g/mol. The summed E-state index contributed by atoms with van der Waals surface area (Å²) in [7, 11) is 1.30. The zero-order chi connectivity index (χ0) is 19.2. The number of hydrogen-bond donors (Lipinski definition) is 3. The van der Waals surface area contributed by atoms with Crippen LogP contribution in [-0.4, -0.2) is 37.1 Å². The van der Waals surface area contributed by atoms with Crippen molar-refractivity contribution in [3.63, 3.8) is 0 Å². The molecule has 0 aliphatic heterocycles. The van der Waals surface area contributed by atoms with E-state index in [4.69, 9.17) is 11.6 Å². The number of ether oxygens (including phenoxy) is 1. The minimum atomic E-state index is -0.487. The summed E-state index contributed by atoms with van der Waals surface area (Å²) in [5.74, 6) is -0.725. The molecule has 0 aliphatic rings. The lowest BCUT2D eigenvalue weighted by Crippen LogP contribution is -2.29. The van der Waals surface area contributed by atoms with Crippen LogP contribution in [0.15, 0.2) is 48.7 Å². The molecule has 7 heteroatoms. The molecule has 0 saturated heterocycles. The van der Waals surface area contributed by atoms with Gasteiger partial charge in [0.05, 0.1) is 29.9 Å². The Morgan fingerprint density at radius 1 is 1.19 bits per heavy atom. The first-order valence-corrected chi connectivity index (χ1v) is 8.89. The number of hydrogen-bond acceptors (Lipinski definition) is 4. The number of rotatable bonds is 7. The van der Waals surface area contributed by atoms with Crippen LogP contribution in [0.4, 0.5) is 5.69 Å². The zero-order valence-electron chi connectivity index (χ0n) is 14.8. The van der Waals surface area contributed by atoms with Gasteiger partial charge in [-0.2, -0.15) is 0 Å². The van der Waals surface area contributed by atoms with Crippen LogP contribution in [0.5, 0.6) is 0 Å². The minimum absolute atomic E-state index is 0.140. The van der Waals surface area contributed by atoms with Crippen molar-refractivity contribution in [1.82, 2.24) is 10.3 Å². The van der Waals surface area contributed by atoms with Gasteiger partial charge in [0.25, 0.3) is 0 Å². The largest absolute Gasteiger partial charge is 0.465 e. The van der Waals surface area contributed by atoms with Crippen molar-refractivity contribution in [2.24, 2.45) is 0 Å². The summed E-state index contributed by atoms with van der Waals surface area (Å²) in [5.41, 5.74) is 3.00. The van der Waals surface area contributed by atoms with Gasteiger partial charge in [-0.05, 0) is 42.8 Å². The Labute approximate surface area is 161 Å². The molecule has 3 N–H and O–H groups in total. The van der Waals surface area contributed by atoms with E-state index in [1.54, 1.807) is 12.1 Å². The van der Waals surface area contributed by atoms with Gasteiger partial charge in [-0.25, -0.2) is 4.79 Å². The number of methoxy groups -OCH3 is 1. The predicted octanol–water partition coefficient (Wildman–Crippen LogP) is 3.38. The molecule has 0 unspecified atom stereocenters. The van der Waals surface area contributed by atoms with Crippen molar-refractivity contribution in [1.29, 1.82) is 0 Å². The van der Waals surface area contributed by atoms with Crippen LogP contribution in [0.3, 0.4) is 0 Å². The van der Waals surface area contributed by atoms with Gasteiger partial charge >= 0.3 is 5.97 Å². The highest BCUT2D eigenvalue weighted by molar-refractivity contribution is 6.33. The molecule has 0 radical (unpaired) electrons. The molecule has 0 atom stereocenters. The van der Waals surface area contributed by atoms with E-state index in [0.29, 0.717) is 22.8 Å². The van der Waals surface area contributed by atoms with E-state index < -0.39 is 5.97 Å². The minimum Gasteiger partial charge on any atom is -0.465 e. The molecule has 0 fully saturated rings. The SMILES string of the molecule is COC(=O)c1ccc(Cl)c(NC(=O)CNCCc2c[nH]c3ccccc23)c1. The van der Waals surface area contributed by atoms with Crippen LogP contribution in [-0.2, 0) is 16.0 Å². The fourth-order valence-corrected chi connectivity index (χ4v) is 2.99. The highest BCUT2D eigenvalue weighted by Crippen LogP contribution is 2.23. The summed E-state index contributed by atoms with van der Waals surface area (Å²) in [6.45, 7) is 0.798. The third-order valence-electron chi connectivity index (χ3n) is 4.19. The molecule has 27 heavy (non-hydrogen) atoms. The molecule has 3 rings (SSSR count). The maximum Gasteiger partial charge on any atom is 0.337 e. The van der Waals surface area contributed by atoms with Gasteiger partial charge < -0.3 is 20.4 Å². The zero-order valence-corrected chi connectivity index (χ0v) is 15.6. The maximum absolute atomic E-state index is 12.1. The third-order valence-corrected chi connectivity index (χ3v) is 4.52. The highest BCUT2D eigenvalue weighted by atomic mass is 35.5. The molecular weight excluding hydrogens is 366 g/mol. The number of para-hydroxylation sites is 1. The molecule has 0 saturated carbocycles. The molecule has 1 amide bonds. The van der Waals surface area contributed by atoms with Gasteiger partial charge in [-0.15, -0.1) is 0 Å². The van der Waals surface area contributed by atoms with Crippen molar-refractivity contribution >= 4 is 40.1 Å². The number of nitrogens with one attached hydrogen (secondary N) is 3. The second kappa shape index (κ2) is 8.70. The van der Waals surface area contributed by atoms with E-state index in [9.17, 15) is 9.59 Å². The first-order chi connectivity index (χ1) is 13.1. The lowest BCUT2D eigenvalue weighted by molar-refractivity contribution is -0.115. The number of carbonyl (C=O) groups excluding carboxylic acids is 2. The van der Waals surface area contributed by atoms with Crippen molar-refractivity contribution in [2.75, 3.05) is 25.5 Å². The molecule has 140 valence electrons. The molecule has 1 aromatic heterocycles. The Bertz CT molecular complexity index is 968. The summed E-state index contributed by atoms with van der Waals surface area (Å²) in [6.07, 6.45) is 2.79. The van der Waals surface area contributed by atoms with Crippen LogP contribution in [0, 0.1) is 0 Å². The first-order valence-electron chi connectivity index (χ1n) is 8.52. The quantitative estimate of drug-likeness (QED) is 0.430.